The lowest BCUT2D eigenvalue weighted by atomic mass is 10.2. The SMILES string of the molecule is CCN(C(=O)c1cccs1)c1ccc(F)cc1. The van der Waals surface area contributed by atoms with Crippen molar-refractivity contribution in [3.05, 3.63) is 52.5 Å². The largest absolute Gasteiger partial charge is 0.308 e. The average Bonchev–Trinajstić information content (AvgIpc) is 2.86. The molecule has 2 aromatic rings. The first kappa shape index (κ1) is 11.8. The van der Waals surface area contributed by atoms with Crippen LogP contribution in [0, 0.1) is 5.82 Å². The summed E-state index contributed by atoms with van der Waals surface area (Å²) in [6.07, 6.45) is 0. The molecule has 0 saturated carbocycles. The number of nitrogens with zero attached hydrogens (tertiary/aromatic N) is 1. The lowest BCUT2D eigenvalue weighted by Crippen LogP contribution is -2.29. The number of benzene rings is 1. The third kappa shape index (κ3) is 2.53. The van der Waals surface area contributed by atoms with Gasteiger partial charge >= 0.3 is 0 Å². The fourth-order valence-corrected chi connectivity index (χ4v) is 2.27. The fraction of sp³-hybridized carbons (Fsp3) is 0.154. The standard InChI is InChI=1S/C13H12FNOS/c1-2-15(11-7-5-10(14)6-8-11)13(16)12-4-3-9-17-12/h3-9H,2H2,1H3. The number of hydrogen-bond donors (Lipinski definition) is 0. The molecule has 88 valence electrons. The molecule has 1 aromatic carbocycles. The molecule has 1 amide bonds. The Morgan fingerprint density at radius 3 is 2.53 bits per heavy atom. The fourth-order valence-electron chi connectivity index (χ4n) is 1.60. The van der Waals surface area contributed by atoms with Crippen molar-refractivity contribution in [3.63, 3.8) is 0 Å². The summed E-state index contributed by atoms with van der Waals surface area (Å²) in [5, 5.41) is 1.87. The number of amides is 1. The van der Waals surface area contributed by atoms with Crippen molar-refractivity contribution in [2.24, 2.45) is 0 Å². The summed E-state index contributed by atoms with van der Waals surface area (Å²) in [7, 11) is 0. The number of halogens is 1. The van der Waals surface area contributed by atoms with Crippen molar-refractivity contribution >= 4 is 22.9 Å². The second kappa shape index (κ2) is 5.10. The molecule has 0 unspecified atom stereocenters. The quantitative estimate of drug-likeness (QED) is 0.814. The van der Waals surface area contributed by atoms with Crippen LogP contribution in [-0.2, 0) is 0 Å². The van der Waals surface area contributed by atoms with E-state index in [1.54, 1.807) is 23.1 Å². The number of anilines is 1. The maximum Gasteiger partial charge on any atom is 0.268 e. The van der Waals surface area contributed by atoms with Gasteiger partial charge in [0.25, 0.3) is 5.91 Å². The van der Waals surface area contributed by atoms with Gasteiger partial charge in [0.2, 0.25) is 0 Å². The highest BCUT2D eigenvalue weighted by Crippen LogP contribution is 2.19. The number of carbonyl (C=O) groups is 1. The van der Waals surface area contributed by atoms with Crippen LogP contribution in [-0.4, -0.2) is 12.5 Å². The van der Waals surface area contributed by atoms with Gasteiger partial charge in [0.15, 0.2) is 0 Å². The van der Waals surface area contributed by atoms with E-state index in [0.717, 1.165) is 0 Å². The minimum atomic E-state index is -0.298. The van der Waals surface area contributed by atoms with E-state index >= 15 is 0 Å². The van der Waals surface area contributed by atoms with Crippen LogP contribution < -0.4 is 4.90 Å². The molecule has 0 aliphatic heterocycles. The molecule has 0 radical (unpaired) electrons. The van der Waals surface area contributed by atoms with Gasteiger partial charge in [0, 0.05) is 12.2 Å². The van der Waals surface area contributed by atoms with Gasteiger partial charge in [-0.1, -0.05) is 6.07 Å². The summed E-state index contributed by atoms with van der Waals surface area (Å²) in [5.74, 6) is -0.345. The summed E-state index contributed by atoms with van der Waals surface area (Å²) in [6, 6.07) is 9.59. The molecule has 1 heterocycles. The topological polar surface area (TPSA) is 20.3 Å². The molecule has 2 rings (SSSR count). The van der Waals surface area contributed by atoms with E-state index in [4.69, 9.17) is 0 Å². The van der Waals surface area contributed by atoms with Gasteiger partial charge in [-0.2, -0.15) is 0 Å². The minimum Gasteiger partial charge on any atom is -0.308 e. The Morgan fingerprint density at radius 1 is 1.29 bits per heavy atom. The van der Waals surface area contributed by atoms with Gasteiger partial charge in [-0.25, -0.2) is 4.39 Å². The first-order valence-corrected chi connectivity index (χ1v) is 6.21. The molecular formula is C13H12FNOS. The van der Waals surface area contributed by atoms with E-state index in [9.17, 15) is 9.18 Å². The highest BCUT2D eigenvalue weighted by Gasteiger charge is 2.16. The Morgan fingerprint density at radius 2 is 2.00 bits per heavy atom. The van der Waals surface area contributed by atoms with Crippen LogP contribution in [0.15, 0.2) is 41.8 Å². The minimum absolute atomic E-state index is 0.0471. The Bertz CT molecular complexity index is 493. The van der Waals surface area contributed by atoms with E-state index in [1.165, 1.54) is 23.5 Å². The molecule has 0 saturated heterocycles. The molecule has 4 heteroatoms. The predicted octanol–water partition coefficient (Wildman–Crippen LogP) is 3.55. The second-order valence-electron chi connectivity index (χ2n) is 3.50. The Balaban J connectivity index is 2.28. The van der Waals surface area contributed by atoms with Gasteiger partial charge in [0.1, 0.15) is 5.82 Å². The molecule has 0 aliphatic rings. The number of thiophene rings is 1. The Hall–Kier alpha value is -1.68. The van der Waals surface area contributed by atoms with Crippen molar-refractivity contribution in [1.29, 1.82) is 0 Å². The summed E-state index contributed by atoms with van der Waals surface area (Å²) in [6.45, 7) is 2.46. The van der Waals surface area contributed by atoms with Crippen molar-refractivity contribution in [1.82, 2.24) is 0 Å². The van der Waals surface area contributed by atoms with Crippen molar-refractivity contribution in [3.8, 4) is 0 Å². The molecule has 1 aromatic heterocycles. The van der Waals surface area contributed by atoms with Crippen LogP contribution in [0.4, 0.5) is 10.1 Å². The van der Waals surface area contributed by atoms with E-state index in [0.29, 0.717) is 17.1 Å². The van der Waals surface area contributed by atoms with Gasteiger partial charge in [0.05, 0.1) is 4.88 Å². The Labute approximate surface area is 103 Å². The molecular weight excluding hydrogens is 237 g/mol. The zero-order valence-electron chi connectivity index (χ0n) is 9.39. The van der Waals surface area contributed by atoms with Gasteiger partial charge in [-0.15, -0.1) is 11.3 Å². The summed E-state index contributed by atoms with van der Waals surface area (Å²) < 4.78 is 12.8. The molecule has 0 N–H and O–H groups in total. The molecule has 0 aliphatic carbocycles. The van der Waals surface area contributed by atoms with Crippen molar-refractivity contribution < 1.29 is 9.18 Å². The number of hydrogen-bond acceptors (Lipinski definition) is 2. The van der Waals surface area contributed by atoms with E-state index in [-0.39, 0.29) is 11.7 Å². The average molecular weight is 249 g/mol. The zero-order valence-corrected chi connectivity index (χ0v) is 10.2. The van der Waals surface area contributed by atoms with Crippen LogP contribution in [0.2, 0.25) is 0 Å². The van der Waals surface area contributed by atoms with Gasteiger partial charge in [-0.3, -0.25) is 4.79 Å². The highest BCUT2D eigenvalue weighted by atomic mass is 32.1. The summed E-state index contributed by atoms with van der Waals surface area (Å²) >= 11 is 1.41. The van der Waals surface area contributed by atoms with Crippen LogP contribution in [0.3, 0.4) is 0 Å². The van der Waals surface area contributed by atoms with Crippen LogP contribution in [0.25, 0.3) is 0 Å². The summed E-state index contributed by atoms with van der Waals surface area (Å²) in [5.41, 5.74) is 0.715. The van der Waals surface area contributed by atoms with Crippen LogP contribution >= 0.6 is 11.3 Å². The third-order valence-electron chi connectivity index (χ3n) is 2.43. The summed E-state index contributed by atoms with van der Waals surface area (Å²) in [4.78, 5) is 14.5. The maximum atomic E-state index is 12.8. The lowest BCUT2D eigenvalue weighted by molar-refractivity contribution is 0.0992. The molecule has 17 heavy (non-hydrogen) atoms. The predicted molar refractivity (Wildman–Crippen MR) is 68.1 cm³/mol. The number of rotatable bonds is 3. The van der Waals surface area contributed by atoms with Crippen molar-refractivity contribution in [2.45, 2.75) is 6.92 Å². The first-order chi connectivity index (χ1) is 8.22. The van der Waals surface area contributed by atoms with Crippen LogP contribution in [0.5, 0.6) is 0 Å². The van der Waals surface area contributed by atoms with Crippen molar-refractivity contribution in [2.75, 3.05) is 11.4 Å². The maximum absolute atomic E-state index is 12.8. The smallest absolute Gasteiger partial charge is 0.268 e. The Kier molecular flexibility index (Phi) is 3.54. The molecule has 0 bridgehead atoms. The van der Waals surface area contributed by atoms with Gasteiger partial charge in [-0.05, 0) is 42.6 Å². The van der Waals surface area contributed by atoms with E-state index < -0.39 is 0 Å². The monoisotopic (exact) mass is 249 g/mol. The van der Waals surface area contributed by atoms with Gasteiger partial charge < -0.3 is 4.90 Å². The zero-order chi connectivity index (χ0) is 12.3. The second-order valence-corrected chi connectivity index (χ2v) is 4.45. The molecule has 0 fully saturated rings. The number of carbonyl (C=O) groups excluding carboxylic acids is 1. The van der Waals surface area contributed by atoms with E-state index in [2.05, 4.69) is 0 Å². The highest BCUT2D eigenvalue weighted by molar-refractivity contribution is 7.12. The third-order valence-corrected chi connectivity index (χ3v) is 3.29. The normalized spacial score (nSPS) is 10.2. The van der Waals surface area contributed by atoms with Crippen LogP contribution in [0.1, 0.15) is 16.6 Å². The van der Waals surface area contributed by atoms with E-state index in [1.807, 2.05) is 18.4 Å². The first-order valence-electron chi connectivity index (χ1n) is 5.33. The lowest BCUT2D eigenvalue weighted by Gasteiger charge is -2.20. The molecule has 0 atom stereocenters. The molecule has 0 spiro atoms. The molecule has 2 nitrogen and oxygen atoms in total.